The average molecular weight is 285 g/mol. The number of rotatable bonds is 3. The molecule has 0 saturated carbocycles. The van der Waals surface area contributed by atoms with Crippen LogP contribution in [0.3, 0.4) is 0 Å². The molecule has 0 bridgehead atoms. The second-order valence-electron chi connectivity index (χ2n) is 4.11. The number of halogens is 1. The first-order valence-electron chi connectivity index (χ1n) is 6.04. The van der Waals surface area contributed by atoms with E-state index in [1.54, 1.807) is 24.3 Å². The Hall–Kier alpha value is -3.07. The number of hydrogen-bond acceptors (Lipinski definition) is 3. The molecule has 0 atom stereocenters. The van der Waals surface area contributed by atoms with E-state index >= 15 is 0 Å². The fourth-order valence-electron chi connectivity index (χ4n) is 1.68. The predicted molar refractivity (Wildman–Crippen MR) is 76.8 cm³/mol. The maximum absolute atomic E-state index is 13.1. The molecule has 2 rings (SSSR count). The van der Waals surface area contributed by atoms with Crippen LogP contribution in [0, 0.1) is 17.1 Å². The van der Waals surface area contributed by atoms with Gasteiger partial charge in [-0.15, -0.1) is 0 Å². The highest BCUT2D eigenvalue weighted by atomic mass is 19.1. The van der Waals surface area contributed by atoms with Gasteiger partial charge in [0, 0.05) is 11.8 Å². The van der Waals surface area contributed by atoms with E-state index in [-0.39, 0.29) is 5.75 Å². The number of urea groups is 1. The first kappa shape index (κ1) is 14.3. The summed E-state index contributed by atoms with van der Waals surface area (Å²) in [6, 6.07) is 11.7. The van der Waals surface area contributed by atoms with Crippen LogP contribution in [-0.2, 0) is 0 Å². The van der Waals surface area contributed by atoms with Crippen molar-refractivity contribution in [3.8, 4) is 11.8 Å². The number of carbonyl (C=O) groups excluding carboxylic acids is 1. The highest BCUT2D eigenvalue weighted by molar-refractivity contribution is 6.00. The summed E-state index contributed by atoms with van der Waals surface area (Å²) in [6.07, 6.45) is 0. The SMILES string of the molecule is COc1cc(F)ccc1NC(=O)Nc1ccc(C#N)cc1. The Labute approximate surface area is 121 Å². The first-order chi connectivity index (χ1) is 10.1. The summed E-state index contributed by atoms with van der Waals surface area (Å²) in [6.45, 7) is 0. The highest BCUT2D eigenvalue weighted by Gasteiger charge is 2.08. The van der Waals surface area contributed by atoms with Gasteiger partial charge in [-0.05, 0) is 36.4 Å². The lowest BCUT2D eigenvalue weighted by atomic mass is 10.2. The number of amides is 2. The summed E-state index contributed by atoms with van der Waals surface area (Å²) in [7, 11) is 1.39. The Morgan fingerprint density at radius 3 is 2.52 bits per heavy atom. The van der Waals surface area contributed by atoms with Gasteiger partial charge < -0.3 is 15.4 Å². The van der Waals surface area contributed by atoms with Crippen molar-refractivity contribution in [3.63, 3.8) is 0 Å². The third-order valence-corrected chi connectivity index (χ3v) is 2.68. The average Bonchev–Trinajstić information content (AvgIpc) is 2.49. The third kappa shape index (κ3) is 3.70. The van der Waals surface area contributed by atoms with Gasteiger partial charge in [0.15, 0.2) is 0 Å². The minimum atomic E-state index is -0.496. The minimum Gasteiger partial charge on any atom is -0.494 e. The molecule has 0 unspecified atom stereocenters. The molecule has 21 heavy (non-hydrogen) atoms. The number of nitrogens with zero attached hydrogens (tertiary/aromatic N) is 1. The Bertz CT molecular complexity index is 693. The van der Waals surface area contributed by atoms with Gasteiger partial charge in [0.25, 0.3) is 0 Å². The molecule has 106 valence electrons. The van der Waals surface area contributed by atoms with Gasteiger partial charge in [-0.1, -0.05) is 0 Å². The number of nitrogens with one attached hydrogen (secondary N) is 2. The molecule has 6 heteroatoms. The number of nitriles is 1. The zero-order valence-corrected chi connectivity index (χ0v) is 11.2. The van der Waals surface area contributed by atoms with Gasteiger partial charge in [-0.2, -0.15) is 5.26 Å². The molecule has 2 N–H and O–H groups in total. The molecular formula is C15H12FN3O2. The van der Waals surface area contributed by atoms with E-state index in [0.717, 1.165) is 0 Å². The first-order valence-corrected chi connectivity index (χ1v) is 6.04. The second kappa shape index (κ2) is 6.39. The van der Waals surface area contributed by atoms with Crippen LogP contribution in [-0.4, -0.2) is 13.1 Å². The van der Waals surface area contributed by atoms with E-state index in [1.807, 2.05) is 6.07 Å². The van der Waals surface area contributed by atoms with Crippen molar-refractivity contribution in [2.45, 2.75) is 0 Å². The summed E-state index contributed by atoms with van der Waals surface area (Å²) in [5.74, 6) is -0.227. The van der Waals surface area contributed by atoms with Crippen molar-refractivity contribution in [1.29, 1.82) is 5.26 Å². The maximum atomic E-state index is 13.1. The summed E-state index contributed by atoms with van der Waals surface area (Å²) in [4.78, 5) is 11.9. The van der Waals surface area contributed by atoms with Crippen LogP contribution >= 0.6 is 0 Å². The van der Waals surface area contributed by atoms with Gasteiger partial charge >= 0.3 is 6.03 Å². The number of hydrogen-bond donors (Lipinski definition) is 2. The van der Waals surface area contributed by atoms with E-state index in [2.05, 4.69) is 10.6 Å². The van der Waals surface area contributed by atoms with Crippen LogP contribution < -0.4 is 15.4 Å². The van der Waals surface area contributed by atoms with Crippen molar-refractivity contribution in [2.24, 2.45) is 0 Å². The number of benzene rings is 2. The van der Waals surface area contributed by atoms with E-state index in [9.17, 15) is 9.18 Å². The Morgan fingerprint density at radius 2 is 1.90 bits per heavy atom. The summed E-state index contributed by atoms with van der Waals surface area (Å²) in [5.41, 5.74) is 1.39. The topological polar surface area (TPSA) is 74.2 Å². The fraction of sp³-hybridized carbons (Fsp3) is 0.0667. The standard InChI is InChI=1S/C15H12FN3O2/c1-21-14-8-11(16)4-7-13(14)19-15(20)18-12-5-2-10(9-17)3-6-12/h2-8H,1H3,(H2,18,19,20). The molecule has 2 amide bonds. The molecular weight excluding hydrogens is 273 g/mol. The monoisotopic (exact) mass is 285 g/mol. The third-order valence-electron chi connectivity index (χ3n) is 2.68. The second-order valence-corrected chi connectivity index (χ2v) is 4.11. The molecule has 2 aromatic rings. The largest absolute Gasteiger partial charge is 0.494 e. The molecule has 0 fully saturated rings. The Morgan fingerprint density at radius 1 is 1.19 bits per heavy atom. The van der Waals surface area contributed by atoms with E-state index < -0.39 is 11.8 Å². The van der Waals surface area contributed by atoms with Crippen LogP contribution in [0.2, 0.25) is 0 Å². The zero-order valence-electron chi connectivity index (χ0n) is 11.2. The highest BCUT2D eigenvalue weighted by Crippen LogP contribution is 2.25. The van der Waals surface area contributed by atoms with Gasteiger partial charge in [-0.25, -0.2) is 9.18 Å². The summed E-state index contributed by atoms with van der Waals surface area (Å²) >= 11 is 0. The predicted octanol–water partition coefficient (Wildman–Crippen LogP) is 3.35. The Kier molecular flexibility index (Phi) is 4.36. The molecule has 2 aromatic carbocycles. The quantitative estimate of drug-likeness (QED) is 0.908. The molecule has 0 aromatic heterocycles. The van der Waals surface area contributed by atoms with Crippen LogP contribution in [0.1, 0.15) is 5.56 Å². The molecule has 0 saturated heterocycles. The van der Waals surface area contributed by atoms with Crippen LogP contribution in [0.15, 0.2) is 42.5 Å². The Balaban J connectivity index is 2.06. The molecule has 0 aliphatic carbocycles. The lowest BCUT2D eigenvalue weighted by Gasteiger charge is -2.11. The smallest absolute Gasteiger partial charge is 0.323 e. The zero-order chi connectivity index (χ0) is 15.2. The molecule has 0 heterocycles. The van der Waals surface area contributed by atoms with Crippen molar-refractivity contribution >= 4 is 17.4 Å². The van der Waals surface area contributed by atoms with E-state index in [1.165, 1.54) is 25.3 Å². The molecule has 5 nitrogen and oxygen atoms in total. The number of carbonyl (C=O) groups is 1. The number of ether oxygens (including phenoxy) is 1. The van der Waals surface area contributed by atoms with Crippen LogP contribution in [0.25, 0.3) is 0 Å². The molecule has 0 radical (unpaired) electrons. The molecule has 0 aliphatic heterocycles. The van der Waals surface area contributed by atoms with Crippen molar-refractivity contribution in [1.82, 2.24) is 0 Å². The maximum Gasteiger partial charge on any atom is 0.323 e. The van der Waals surface area contributed by atoms with Crippen LogP contribution in [0.4, 0.5) is 20.6 Å². The van der Waals surface area contributed by atoms with Gasteiger partial charge in [-0.3, -0.25) is 0 Å². The summed E-state index contributed by atoms with van der Waals surface area (Å²) in [5, 5.41) is 13.8. The lowest BCUT2D eigenvalue weighted by Crippen LogP contribution is -2.19. The van der Waals surface area contributed by atoms with Crippen molar-refractivity contribution in [2.75, 3.05) is 17.7 Å². The van der Waals surface area contributed by atoms with Gasteiger partial charge in [0.05, 0.1) is 24.4 Å². The molecule has 0 aliphatic rings. The fourth-order valence-corrected chi connectivity index (χ4v) is 1.68. The van der Waals surface area contributed by atoms with Gasteiger partial charge in [0.2, 0.25) is 0 Å². The van der Waals surface area contributed by atoms with Crippen molar-refractivity contribution in [3.05, 3.63) is 53.8 Å². The van der Waals surface area contributed by atoms with E-state index in [0.29, 0.717) is 16.9 Å². The lowest BCUT2D eigenvalue weighted by molar-refractivity contribution is 0.262. The normalized spacial score (nSPS) is 9.57. The summed E-state index contributed by atoms with van der Waals surface area (Å²) < 4.78 is 18.0. The minimum absolute atomic E-state index is 0.227. The number of methoxy groups -OCH3 is 1. The molecule has 0 spiro atoms. The van der Waals surface area contributed by atoms with Crippen molar-refractivity contribution < 1.29 is 13.9 Å². The number of anilines is 2. The van der Waals surface area contributed by atoms with E-state index in [4.69, 9.17) is 10.00 Å². The van der Waals surface area contributed by atoms with Crippen LogP contribution in [0.5, 0.6) is 5.75 Å². The van der Waals surface area contributed by atoms with Gasteiger partial charge in [0.1, 0.15) is 11.6 Å².